The molecular formula is C22H25N3O3. The monoisotopic (exact) mass is 379 g/mol. The lowest BCUT2D eigenvalue weighted by Gasteiger charge is -2.39. The maximum absolute atomic E-state index is 13.0. The summed E-state index contributed by atoms with van der Waals surface area (Å²) in [4.78, 5) is 29.1. The minimum atomic E-state index is -0.192. The summed E-state index contributed by atoms with van der Waals surface area (Å²) in [5.74, 6) is 0.967. The largest absolute Gasteiger partial charge is 0.495 e. The third-order valence-corrected chi connectivity index (χ3v) is 5.68. The van der Waals surface area contributed by atoms with Gasteiger partial charge in [0.2, 0.25) is 5.91 Å². The van der Waals surface area contributed by atoms with Crippen LogP contribution in [-0.4, -0.2) is 55.9 Å². The van der Waals surface area contributed by atoms with Gasteiger partial charge in [0.05, 0.1) is 25.3 Å². The van der Waals surface area contributed by atoms with Crippen molar-refractivity contribution in [1.82, 2.24) is 4.90 Å². The summed E-state index contributed by atoms with van der Waals surface area (Å²) < 4.78 is 5.47. The number of hydrogen-bond donors (Lipinski definition) is 1. The highest BCUT2D eigenvalue weighted by atomic mass is 16.5. The van der Waals surface area contributed by atoms with Crippen LogP contribution in [0.2, 0.25) is 0 Å². The lowest BCUT2D eigenvalue weighted by Crippen LogP contribution is -2.51. The molecule has 0 bridgehead atoms. The molecule has 0 radical (unpaired) electrons. The molecule has 0 saturated carbocycles. The van der Waals surface area contributed by atoms with Crippen molar-refractivity contribution in [2.24, 2.45) is 0 Å². The number of anilines is 2. The van der Waals surface area contributed by atoms with Crippen LogP contribution in [0.3, 0.4) is 0 Å². The van der Waals surface area contributed by atoms with Gasteiger partial charge >= 0.3 is 0 Å². The van der Waals surface area contributed by atoms with Gasteiger partial charge in [-0.2, -0.15) is 0 Å². The molecule has 1 saturated heterocycles. The molecule has 1 amide bonds. The Bertz CT molecular complexity index is 904. The Kier molecular flexibility index (Phi) is 5.05. The smallest absolute Gasteiger partial charge is 0.228 e. The summed E-state index contributed by atoms with van der Waals surface area (Å²) in [7, 11) is 1.69. The first-order valence-electron chi connectivity index (χ1n) is 9.66. The number of ketones is 1. The van der Waals surface area contributed by atoms with E-state index in [1.54, 1.807) is 7.11 Å². The number of nitrogens with zero attached hydrogens (tertiary/aromatic N) is 2. The molecule has 6 heteroatoms. The zero-order valence-electron chi connectivity index (χ0n) is 16.3. The second-order valence-electron chi connectivity index (χ2n) is 7.33. The minimum Gasteiger partial charge on any atom is -0.495 e. The number of carbonyl (C=O) groups excluding carboxylic acids is 2. The molecule has 1 unspecified atom stereocenters. The highest BCUT2D eigenvalue weighted by molar-refractivity contribution is 6.03. The Morgan fingerprint density at radius 2 is 1.86 bits per heavy atom. The summed E-state index contributed by atoms with van der Waals surface area (Å²) in [6.45, 7) is 5.30. The average Bonchev–Trinajstić information content (AvgIpc) is 3.12. The van der Waals surface area contributed by atoms with Gasteiger partial charge in [0, 0.05) is 37.4 Å². The molecule has 1 N–H and O–H groups in total. The zero-order chi connectivity index (χ0) is 19.7. The van der Waals surface area contributed by atoms with Crippen molar-refractivity contribution in [3.63, 3.8) is 0 Å². The van der Waals surface area contributed by atoms with Crippen LogP contribution in [0.4, 0.5) is 11.4 Å². The molecule has 1 atom stereocenters. The van der Waals surface area contributed by atoms with Crippen LogP contribution in [0, 0.1) is 0 Å². The van der Waals surface area contributed by atoms with Gasteiger partial charge in [-0.3, -0.25) is 14.5 Å². The van der Waals surface area contributed by atoms with Crippen LogP contribution in [0.25, 0.3) is 0 Å². The topological polar surface area (TPSA) is 61.9 Å². The van der Waals surface area contributed by atoms with Gasteiger partial charge in [0.15, 0.2) is 5.78 Å². The summed E-state index contributed by atoms with van der Waals surface area (Å²) in [6.07, 6.45) is 0.350. The molecule has 1 fully saturated rings. The lowest BCUT2D eigenvalue weighted by atomic mass is 10.00. The zero-order valence-corrected chi connectivity index (χ0v) is 16.3. The van der Waals surface area contributed by atoms with Gasteiger partial charge in [-0.15, -0.1) is 0 Å². The molecule has 0 aliphatic carbocycles. The molecule has 2 heterocycles. The van der Waals surface area contributed by atoms with Crippen molar-refractivity contribution >= 4 is 23.1 Å². The van der Waals surface area contributed by atoms with E-state index in [4.69, 9.17) is 4.74 Å². The van der Waals surface area contributed by atoms with Crippen molar-refractivity contribution < 1.29 is 14.3 Å². The second-order valence-corrected chi connectivity index (χ2v) is 7.33. The molecule has 0 spiro atoms. The van der Waals surface area contributed by atoms with Gasteiger partial charge in [-0.05, 0) is 42.8 Å². The van der Waals surface area contributed by atoms with E-state index < -0.39 is 0 Å². The predicted octanol–water partition coefficient (Wildman–Crippen LogP) is 2.58. The van der Waals surface area contributed by atoms with Gasteiger partial charge in [0.25, 0.3) is 0 Å². The maximum atomic E-state index is 13.0. The number of rotatable bonds is 5. The molecule has 146 valence electrons. The van der Waals surface area contributed by atoms with E-state index in [2.05, 4.69) is 21.2 Å². The number of para-hydroxylation sites is 2. The van der Waals surface area contributed by atoms with E-state index in [0.717, 1.165) is 48.9 Å². The highest BCUT2D eigenvalue weighted by Gasteiger charge is 2.28. The average molecular weight is 379 g/mol. The van der Waals surface area contributed by atoms with E-state index in [1.807, 2.05) is 43.3 Å². The predicted molar refractivity (Wildman–Crippen MR) is 109 cm³/mol. The van der Waals surface area contributed by atoms with Gasteiger partial charge < -0.3 is 15.0 Å². The first kappa shape index (κ1) is 18.5. The SMILES string of the molecule is COc1ccccc1N1CCN(C(C)C(=O)c2ccc3c(c2)CC(=O)N3)CC1. The molecule has 2 aromatic rings. The van der Waals surface area contributed by atoms with Gasteiger partial charge in [-0.25, -0.2) is 0 Å². The molecule has 4 rings (SSSR count). The summed E-state index contributed by atoms with van der Waals surface area (Å²) >= 11 is 0. The quantitative estimate of drug-likeness (QED) is 0.809. The summed E-state index contributed by atoms with van der Waals surface area (Å²) in [5, 5.41) is 2.81. The van der Waals surface area contributed by atoms with Crippen molar-refractivity contribution in [1.29, 1.82) is 0 Å². The third kappa shape index (κ3) is 3.47. The molecule has 2 aliphatic heterocycles. The van der Waals surface area contributed by atoms with E-state index in [1.165, 1.54) is 0 Å². The normalized spacial score (nSPS) is 17.8. The van der Waals surface area contributed by atoms with Crippen molar-refractivity contribution in [2.45, 2.75) is 19.4 Å². The molecule has 28 heavy (non-hydrogen) atoms. The Balaban J connectivity index is 1.41. The van der Waals surface area contributed by atoms with Crippen molar-refractivity contribution in [3.05, 3.63) is 53.6 Å². The number of amides is 1. The van der Waals surface area contributed by atoms with Crippen LogP contribution < -0.4 is 15.0 Å². The number of fused-ring (bicyclic) bond motifs is 1. The van der Waals surface area contributed by atoms with Crippen molar-refractivity contribution in [3.8, 4) is 5.75 Å². The number of benzene rings is 2. The molecule has 0 aromatic heterocycles. The Hall–Kier alpha value is -2.86. The number of nitrogens with one attached hydrogen (secondary N) is 1. The molecular weight excluding hydrogens is 354 g/mol. The second kappa shape index (κ2) is 7.64. The molecule has 2 aromatic carbocycles. The fraction of sp³-hybridized carbons (Fsp3) is 0.364. The number of methoxy groups -OCH3 is 1. The number of ether oxygens (including phenoxy) is 1. The standard InChI is InChI=1S/C22H25N3O3/c1-15(22(27)16-7-8-18-17(13-16)14-21(26)23-18)24-9-11-25(12-10-24)19-5-3-4-6-20(19)28-2/h3-8,13,15H,9-12,14H2,1-2H3,(H,23,26). The van der Waals surface area contributed by atoms with Crippen LogP contribution in [-0.2, 0) is 11.2 Å². The van der Waals surface area contributed by atoms with Crippen LogP contribution in [0.15, 0.2) is 42.5 Å². The Morgan fingerprint density at radius 1 is 1.11 bits per heavy atom. The van der Waals surface area contributed by atoms with Gasteiger partial charge in [0.1, 0.15) is 5.75 Å². The number of hydrogen-bond acceptors (Lipinski definition) is 5. The van der Waals surface area contributed by atoms with E-state index in [0.29, 0.717) is 12.0 Å². The highest BCUT2D eigenvalue weighted by Crippen LogP contribution is 2.29. The Morgan fingerprint density at radius 3 is 2.61 bits per heavy atom. The number of Topliss-reactive ketones (excluding diaryl/α,β-unsaturated/α-hetero) is 1. The first-order chi connectivity index (χ1) is 13.6. The Labute approximate surface area is 165 Å². The molecule has 6 nitrogen and oxygen atoms in total. The van der Waals surface area contributed by atoms with E-state index in [9.17, 15) is 9.59 Å². The fourth-order valence-electron chi connectivity index (χ4n) is 4.03. The summed E-state index contributed by atoms with van der Waals surface area (Å²) in [5.41, 5.74) is 3.50. The van der Waals surface area contributed by atoms with Crippen LogP contribution in [0.1, 0.15) is 22.8 Å². The van der Waals surface area contributed by atoms with E-state index >= 15 is 0 Å². The first-order valence-corrected chi connectivity index (χ1v) is 9.66. The third-order valence-electron chi connectivity index (χ3n) is 5.68. The maximum Gasteiger partial charge on any atom is 0.228 e. The summed E-state index contributed by atoms with van der Waals surface area (Å²) in [6, 6.07) is 13.3. The lowest BCUT2D eigenvalue weighted by molar-refractivity contribution is -0.115. The van der Waals surface area contributed by atoms with E-state index in [-0.39, 0.29) is 17.7 Å². The fourth-order valence-corrected chi connectivity index (χ4v) is 4.03. The number of piperazine rings is 1. The number of carbonyl (C=O) groups is 2. The van der Waals surface area contributed by atoms with Crippen LogP contribution >= 0.6 is 0 Å². The van der Waals surface area contributed by atoms with Crippen molar-refractivity contribution in [2.75, 3.05) is 43.5 Å². The van der Waals surface area contributed by atoms with Crippen LogP contribution in [0.5, 0.6) is 5.75 Å². The van der Waals surface area contributed by atoms with Gasteiger partial charge in [-0.1, -0.05) is 12.1 Å². The molecule has 2 aliphatic rings. The minimum absolute atomic E-state index is 0.0138.